The van der Waals surface area contributed by atoms with Gasteiger partial charge in [-0.15, -0.1) is 0 Å². The van der Waals surface area contributed by atoms with Gasteiger partial charge in [-0.1, -0.05) is 42.0 Å². The second-order valence-corrected chi connectivity index (χ2v) is 4.45. The minimum atomic E-state index is -0.840. The van der Waals surface area contributed by atoms with Crippen LogP contribution in [0.1, 0.15) is 16.7 Å². The fourth-order valence-electron chi connectivity index (χ4n) is 1.81. The highest BCUT2D eigenvalue weighted by molar-refractivity contribution is 5.69. The zero-order chi connectivity index (χ0) is 13.7. The Kier molecular flexibility index (Phi) is 5.94. The monoisotopic (exact) mass is 289 g/mol. The van der Waals surface area contributed by atoms with Crippen molar-refractivity contribution in [1.29, 1.82) is 0 Å². The lowest BCUT2D eigenvalue weighted by Gasteiger charge is -1.96. The topological polar surface area (TPSA) is 41.2 Å². The fourth-order valence-corrected chi connectivity index (χ4v) is 1.81. The summed E-state index contributed by atoms with van der Waals surface area (Å²) in [4.78, 5) is 10.6. The van der Waals surface area contributed by atoms with Gasteiger partial charge in [0.05, 0.1) is 0 Å². The largest absolute Gasteiger partial charge is 1.00 e. The van der Waals surface area contributed by atoms with Gasteiger partial charge in [0.1, 0.15) is 0 Å². The number of halogens is 1. The number of aryl methyl sites for hydroxylation is 1. The molecule has 0 aliphatic carbocycles. The average molecular weight is 290 g/mol. The number of carboxylic acid groups (broad SMARTS) is 1. The number of pyridine rings is 1. The molecule has 1 aromatic heterocycles. The average Bonchev–Trinajstić information content (AvgIpc) is 2.37. The molecule has 0 radical (unpaired) electrons. The van der Waals surface area contributed by atoms with E-state index in [4.69, 9.17) is 5.11 Å². The van der Waals surface area contributed by atoms with Gasteiger partial charge in [-0.2, -0.15) is 4.57 Å². The highest BCUT2D eigenvalue weighted by atomic mass is 35.5. The van der Waals surface area contributed by atoms with Crippen molar-refractivity contribution < 1.29 is 26.9 Å². The minimum Gasteiger partial charge on any atom is -1.00 e. The molecule has 0 aliphatic rings. The maximum absolute atomic E-state index is 10.6. The predicted molar refractivity (Wildman–Crippen MR) is 74.4 cm³/mol. The predicted octanol–water partition coefficient (Wildman–Crippen LogP) is -0.458. The number of benzene rings is 1. The van der Waals surface area contributed by atoms with Crippen LogP contribution in [0, 0.1) is 6.92 Å². The lowest BCUT2D eigenvalue weighted by molar-refractivity contribution is -0.685. The van der Waals surface area contributed by atoms with Crippen LogP contribution in [-0.4, -0.2) is 11.1 Å². The van der Waals surface area contributed by atoms with Crippen molar-refractivity contribution in [1.82, 2.24) is 0 Å². The highest BCUT2D eigenvalue weighted by Crippen LogP contribution is 2.08. The lowest BCUT2D eigenvalue weighted by Crippen LogP contribution is -3.00. The van der Waals surface area contributed by atoms with Crippen molar-refractivity contribution in [2.75, 3.05) is 0 Å². The Hall–Kier alpha value is -2.13. The molecule has 0 spiro atoms. The number of aliphatic carboxylic acids is 1. The number of nitrogens with zero attached hydrogens (tertiary/aromatic N) is 1. The third-order valence-corrected chi connectivity index (χ3v) is 2.75. The Morgan fingerprint density at radius 3 is 2.40 bits per heavy atom. The third kappa shape index (κ3) is 4.86. The molecule has 0 amide bonds. The molecule has 0 saturated heterocycles. The summed E-state index contributed by atoms with van der Waals surface area (Å²) in [5.41, 5.74) is 3.43. The van der Waals surface area contributed by atoms with E-state index < -0.39 is 5.97 Å². The van der Waals surface area contributed by atoms with E-state index in [0.29, 0.717) is 0 Å². The van der Waals surface area contributed by atoms with E-state index in [0.717, 1.165) is 11.1 Å². The Labute approximate surface area is 124 Å². The molecule has 20 heavy (non-hydrogen) atoms. The first kappa shape index (κ1) is 15.9. The van der Waals surface area contributed by atoms with Gasteiger partial charge < -0.3 is 17.5 Å². The summed E-state index contributed by atoms with van der Waals surface area (Å²) in [6.07, 6.45) is 7.60. The van der Waals surface area contributed by atoms with E-state index in [9.17, 15) is 4.79 Å². The smallest absolute Gasteiger partial charge is 0.370 e. The van der Waals surface area contributed by atoms with Gasteiger partial charge in [0.25, 0.3) is 0 Å². The summed E-state index contributed by atoms with van der Waals surface area (Å²) < 4.78 is 1.63. The third-order valence-electron chi connectivity index (χ3n) is 2.75. The first-order valence-electron chi connectivity index (χ1n) is 6.09. The van der Waals surface area contributed by atoms with Crippen LogP contribution in [0.25, 0.3) is 12.2 Å². The van der Waals surface area contributed by atoms with Crippen molar-refractivity contribution >= 4 is 18.1 Å². The van der Waals surface area contributed by atoms with Gasteiger partial charge in [-0.3, -0.25) is 0 Å². The summed E-state index contributed by atoms with van der Waals surface area (Å²) in [5, 5.41) is 8.68. The molecule has 0 fully saturated rings. The second-order valence-electron chi connectivity index (χ2n) is 4.45. The summed E-state index contributed by atoms with van der Waals surface area (Å²) in [5.74, 6) is -0.840. The number of hydrogen-bond acceptors (Lipinski definition) is 1. The number of carbonyl (C=O) groups is 1. The van der Waals surface area contributed by atoms with Gasteiger partial charge in [-0.25, -0.2) is 4.79 Å². The second kappa shape index (κ2) is 7.46. The van der Waals surface area contributed by atoms with E-state index in [1.165, 1.54) is 5.56 Å². The quantitative estimate of drug-likeness (QED) is 0.774. The molecule has 104 valence electrons. The molecule has 4 heteroatoms. The highest BCUT2D eigenvalue weighted by Gasteiger charge is 2.05. The summed E-state index contributed by atoms with van der Waals surface area (Å²) in [6, 6.07) is 12.1. The summed E-state index contributed by atoms with van der Waals surface area (Å²) in [6.45, 7) is 2.05. The van der Waals surface area contributed by atoms with Gasteiger partial charge in [-0.05, 0) is 18.1 Å². The van der Waals surface area contributed by atoms with Gasteiger partial charge >= 0.3 is 5.97 Å². The summed E-state index contributed by atoms with van der Waals surface area (Å²) >= 11 is 0. The molecular formula is C16H16ClNO2. The van der Waals surface area contributed by atoms with Crippen molar-refractivity contribution in [2.45, 2.75) is 13.5 Å². The Morgan fingerprint density at radius 2 is 1.80 bits per heavy atom. The Balaban J connectivity index is 0.00000200. The van der Waals surface area contributed by atoms with E-state index in [1.54, 1.807) is 17.0 Å². The van der Waals surface area contributed by atoms with Gasteiger partial charge in [0.15, 0.2) is 12.4 Å². The Bertz CT molecular complexity index is 606. The fraction of sp³-hybridized carbons (Fsp3) is 0.125. The molecule has 0 saturated carbocycles. The van der Waals surface area contributed by atoms with Crippen molar-refractivity contribution in [3.63, 3.8) is 0 Å². The van der Waals surface area contributed by atoms with Crippen LogP contribution in [0.5, 0.6) is 0 Å². The number of rotatable bonds is 4. The molecule has 2 rings (SSSR count). The molecule has 1 aromatic carbocycles. The minimum absolute atomic E-state index is 0. The maximum Gasteiger partial charge on any atom is 0.370 e. The first-order chi connectivity index (χ1) is 9.13. The van der Waals surface area contributed by atoms with Crippen LogP contribution in [0.3, 0.4) is 0 Å². The van der Waals surface area contributed by atoms with Crippen molar-refractivity contribution in [3.05, 3.63) is 65.5 Å². The Morgan fingerprint density at radius 1 is 1.15 bits per heavy atom. The SMILES string of the molecule is Cc1cccc(/C=C\c2cc[n+](CC(=O)O)cc2)c1.[Cl-]. The van der Waals surface area contributed by atoms with Gasteiger partial charge in [0.2, 0.25) is 6.54 Å². The number of hydrogen-bond donors (Lipinski definition) is 1. The van der Waals surface area contributed by atoms with Crippen LogP contribution in [0.2, 0.25) is 0 Å². The van der Waals surface area contributed by atoms with E-state index in [1.807, 2.05) is 30.4 Å². The first-order valence-corrected chi connectivity index (χ1v) is 6.09. The lowest BCUT2D eigenvalue weighted by atomic mass is 10.1. The molecule has 1 N–H and O–H groups in total. The van der Waals surface area contributed by atoms with Crippen molar-refractivity contribution in [3.8, 4) is 0 Å². The standard InChI is InChI=1S/C16H15NO2.ClH/c1-13-3-2-4-15(11-13)6-5-14-7-9-17(10-8-14)12-16(18)19;/h2-11H,12H2,1H3;1H/b6-5-;. The molecule has 0 atom stereocenters. The van der Waals surface area contributed by atoms with Crippen LogP contribution < -0.4 is 17.0 Å². The number of aromatic nitrogens is 1. The van der Waals surface area contributed by atoms with Crippen LogP contribution in [0.4, 0.5) is 0 Å². The number of carboxylic acids is 1. The van der Waals surface area contributed by atoms with E-state index >= 15 is 0 Å². The molecule has 0 unspecified atom stereocenters. The van der Waals surface area contributed by atoms with Crippen LogP contribution >= 0.6 is 0 Å². The molecule has 0 aliphatic heterocycles. The molecule has 3 nitrogen and oxygen atoms in total. The molecule has 2 aromatic rings. The van der Waals surface area contributed by atoms with E-state index in [-0.39, 0.29) is 19.0 Å². The molecule has 0 bridgehead atoms. The molecular weight excluding hydrogens is 274 g/mol. The summed E-state index contributed by atoms with van der Waals surface area (Å²) in [7, 11) is 0. The van der Waals surface area contributed by atoms with E-state index in [2.05, 4.69) is 25.1 Å². The zero-order valence-corrected chi connectivity index (χ0v) is 11.9. The normalized spacial score (nSPS) is 10.2. The van der Waals surface area contributed by atoms with Crippen molar-refractivity contribution in [2.24, 2.45) is 0 Å². The molecule has 1 heterocycles. The zero-order valence-electron chi connectivity index (χ0n) is 11.2. The maximum atomic E-state index is 10.6. The van der Waals surface area contributed by atoms with Crippen LogP contribution in [-0.2, 0) is 11.3 Å². The van der Waals surface area contributed by atoms with Crippen LogP contribution in [0.15, 0.2) is 48.8 Å². The van der Waals surface area contributed by atoms with Gasteiger partial charge in [0, 0.05) is 12.1 Å².